The molecular weight excluding hydrogens is 295 g/mol. The van der Waals surface area contributed by atoms with Gasteiger partial charge in [0.05, 0.1) is 6.04 Å². The van der Waals surface area contributed by atoms with E-state index in [-0.39, 0.29) is 23.6 Å². The van der Waals surface area contributed by atoms with Gasteiger partial charge in [-0.05, 0) is 43.4 Å². The van der Waals surface area contributed by atoms with Crippen molar-refractivity contribution in [2.24, 2.45) is 5.92 Å². The zero-order valence-corrected chi connectivity index (χ0v) is 12.2. The number of halogens is 3. The summed E-state index contributed by atoms with van der Waals surface area (Å²) in [6.45, 7) is 1.79. The van der Waals surface area contributed by atoms with Crippen LogP contribution in [0.2, 0.25) is 0 Å². The van der Waals surface area contributed by atoms with E-state index in [1.54, 1.807) is 6.92 Å². The number of amides is 1. The Labute approximate surface area is 127 Å². The highest BCUT2D eigenvalue weighted by atomic mass is 19.4. The average Bonchev–Trinajstić information content (AvgIpc) is 2.90. The molecule has 0 fully saturated rings. The van der Waals surface area contributed by atoms with Crippen molar-refractivity contribution in [2.75, 3.05) is 0 Å². The Hall–Kier alpha value is -1.98. The smallest absolute Gasteiger partial charge is 0.406 e. The van der Waals surface area contributed by atoms with Crippen LogP contribution in [0.3, 0.4) is 0 Å². The minimum Gasteiger partial charge on any atom is -0.406 e. The van der Waals surface area contributed by atoms with E-state index in [2.05, 4.69) is 16.1 Å². The average molecular weight is 313 g/mol. The van der Waals surface area contributed by atoms with Gasteiger partial charge in [-0.15, -0.1) is 13.2 Å². The number of hydrogen-bond donors (Lipinski definition) is 1. The van der Waals surface area contributed by atoms with Gasteiger partial charge in [-0.25, -0.2) is 0 Å². The normalized spacial score (nSPS) is 19.0. The molecule has 1 aliphatic carbocycles. The molecule has 2 rings (SSSR count). The monoisotopic (exact) mass is 313 g/mol. The molecule has 1 aliphatic rings. The molecule has 0 saturated heterocycles. The lowest BCUT2D eigenvalue weighted by atomic mass is 10.0. The van der Waals surface area contributed by atoms with Crippen LogP contribution in [0.1, 0.15) is 37.8 Å². The summed E-state index contributed by atoms with van der Waals surface area (Å²) in [7, 11) is 0. The standard InChI is InChI=1S/C16H18F3NO2/c1-11(20-15(21)10-12-4-2-3-5-12)13-6-8-14(9-7-13)22-16(17,18)19/h2,4,6-9,11-12H,3,5,10H2,1H3,(H,20,21)/t11-,12+/m1/s1. The van der Waals surface area contributed by atoms with Crippen LogP contribution in [0.4, 0.5) is 13.2 Å². The highest BCUT2D eigenvalue weighted by Gasteiger charge is 2.31. The fourth-order valence-corrected chi connectivity index (χ4v) is 2.45. The number of carbonyl (C=O) groups excluding carboxylic acids is 1. The largest absolute Gasteiger partial charge is 0.573 e. The molecule has 0 saturated carbocycles. The molecule has 6 heteroatoms. The predicted octanol–water partition coefficient (Wildman–Crippen LogP) is 4.12. The van der Waals surface area contributed by atoms with Crippen molar-refractivity contribution in [1.82, 2.24) is 5.32 Å². The molecule has 120 valence electrons. The number of hydrogen-bond acceptors (Lipinski definition) is 2. The number of benzene rings is 1. The Morgan fingerprint density at radius 2 is 2.05 bits per heavy atom. The molecule has 1 N–H and O–H groups in total. The molecule has 3 nitrogen and oxygen atoms in total. The topological polar surface area (TPSA) is 38.3 Å². The van der Waals surface area contributed by atoms with Crippen molar-refractivity contribution in [2.45, 2.75) is 38.6 Å². The molecule has 1 aromatic rings. The third kappa shape index (κ3) is 5.09. The fraction of sp³-hybridized carbons (Fsp3) is 0.438. The van der Waals surface area contributed by atoms with Gasteiger partial charge in [-0.2, -0.15) is 0 Å². The maximum atomic E-state index is 12.1. The van der Waals surface area contributed by atoms with Crippen LogP contribution < -0.4 is 10.1 Å². The summed E-state index contributed by atoms with van der Waals surface area (Å²) in [5, 5.41) is 2.85. The second kappa shape index (κ2) is 6.85. The first-order valence-electron chi connectivity index (χ1n) is 7.15. The van der Waals surface area contributed by atoms with Gasteiger partial charge in [-0.3, -0.25) is 4.79 Å². The zero-order valence-electron chi connectivity index (χ0n) is 12.2. The van der Waals surface area contributed by atoms with Crippen LogP contribution in [0, 0.1) is 5.92 Å². The van der Waals surface area contributed by atoms with Crippen molar-refractivity contribution >= 4 is 5.91 Å². The molecule has 22 heavy (non-hydrogen) atoms. The second-order valence-electron chi connectivity index (χ2n) is 5.38. The van der Waals surface area contributed by atoms with Gasteiger partial charge in [0, 0.05) is 6.42 Å². The summed E-state index contributed by atoms with van der Waals surface area (Å²) in [4.78, 5) is 11.9. The summed E-state index contributed by atoms with van der Waals surface area (Å²) < 4.78 is 40.1. The summed E-state index contributed by atoms with van der Waals surface area (Å²) in [5.41, 5.74) is 0.727. The van der Waals surface area contributed by atoms with Gasteiger partial charge in [-0.1, -0.05) is 24.3 Å². The lowest BCUT2D eigenvalue weighted by Crippen LogP contribution is -2.27. The van der Waals surface area contributed by atoms with E-state index in [4.69, 9.17) is 0 Å². The number of nitrogens with one attached hydrogen (secondary N) is 1. The van der Waals surface area contributed by atoms with Crippen LogP contribution >= 0.6 is 0 Å². The van der Waals surface area contributed by atoms with Crippen LogP contribution in [-0.2, 0) is 4.79 Å². The first kappa shape index (κ1) is 16.4. The summed E-state index contributed by atoms with van der Waals surface area (Å²) in [6.07, 6.45) is 1.86. The Morgan fingerprint density at radius 1 is 1.36 bits per heavy atom. The van der Waals surface area contributed by atoms with E-state index < -0.39 is 6.36 Å². The fourth-order valence-electron chi connectivity index (χ4n) is 2.45. The van der Waals surface area contributed by atoms with Crippen molar-refractivity contribution in [3.8, 4) is 5.75 Å². The quantitative estimate of drug-likeness (QED) is 0.831. The third-order valence-corrected chi connectivity index (χ3v) is 3.55. The molecule has 0 bridgehead atoms. The molecule has 0 aromatic heterocycles. The Bertz CT molecular complexity index is 537. The number of allylic oxidation sites excluding steroid dienone is 2. The number of alkyl halides is 3. The molecule has 2 atom stereocenters. The lowest BCUT2D eigenvalue weighted by Gasteiger charge is -2.16. The van der Waals surface area contributed by atoms with Crippen LogP contribution in [0.5, 0.6) is 5.75 Å². The van der Waals surface area contributed by atoms with Crippen molar-refractivity contribution < 1.29 is 22.7 Å². The number of ether oxygens (including phenoxy) is 1. The maximum Gasteiger partial charge on any atom is 0.573 e. The lowest BCUT2D eigenvalue weighted by molar-refractivity contribution is -0.274. The molecular formula is C16H18F3NO2. The Morgan fingerprint density at radius 3 is 2.59 bits per heavy atom. The zero-order chi connectivity index (χ0) is 16.2. The molecule has 1 aromatic carbocycles. The highest BCUT2D eigenvalue weighted by molar-refractivity contribution is 5.77. The Kier molecular flexibility index (Phi) is 5.11. The van der Waals surface area contributed by atoms with E-state index in [0.717, 1.165) is 18.4 Å². The van der Waals surface area contributed by atoms with E-state index in [0.29, 0.717) is 6.42 Å². The van der Waals surface area contributed by atoms with Crippen LogP contribution in [-0.4, -0.2) is 12.3 Å². The molecule has 0 spiro atoms. The molecule has 1 amide bonds. The van der Waals surface area contributed by atoms with E-state index in [9.17, 15) is 18.0 Å². The van der Waals surface area contributed by atoms with Crippen LogP contribution in [0.15, 0.2) is 36.4 Å². The summed E-state index contributed by atoms with van der Waals surface area (Å²) >= 11 is 0. The third-order valence-electron chi connectivity index (χ3n) is 3.55. The predicted molar refractivity (Wildman–Crippen MR) is 76.2 cm³/mol. The second-order valence-corrected chi connectivity index (χ2v) is 5.38. The minimum absolute atomic E-state index is 0.0559. The van der Waals surface area contributed by atoms with E-state index in [1.165, 1.54) is 24.3 Å². The summed E-state index contributed by atoms with van der Waals surface area (Å²) in [6, 6.07) is 5.25. The van der Waals surface area contributed by atoms with E-state index in [1.807, 2.05) is 6.08 Å². The van der Waals surface area contributed by atoms with Crippen LogP contribution in [0.25, 0.3) is 0 Å². The summed E-state index contributed by atoms with van der Waals surface area (Å²) in [5.74, 6) is -0.0414. The van der Waals surface area contributed by atoms with Gasteiger partial charge < -0.3 is 10.1 Å². The molecule has 0 radical (unpaired) electrons. The van der Waals surface area contributed by atoms with Crippen molar-refractivity contribution in [1.29, 1.82) is 0 Å². The van der Waals surface area contributed by atoms with Gasteiger partial charge in [0.2, 0.25) is 5.91 Å². The van der Waals surface area contributed by atoms with Gasteiger partial charge >= 0.3 is 6.36 Å². The molecule has 0 heterocycles. The van der Waals surface area contributed by atoms with Crippen molar-refractivity contribution in [3.63, 3.8) is 0 Å². The van der Waals surface area contributed by atoms with Gasteiger partial charge in [0.25, 0.3) is 0 Å². The molecule has 0 unspecified atom stereocenters. The first-order chi connectivity index (χ1) is 10.3. The van der Waals surface area contributed by atoms with Crippen molar-refractivity contribution in [3.05, 3.63) is 42.0 Å². The van der Waals surface area contributed by atoms with Gasteiger partial charge in [0.1, 0.15) is 5.75 Å². The van der Waals surface area contributed by atoms with E-state index >= 15 is 0 Å². The number of carbonyl (C=O) groups is 1. The maximum absolute atomic E-state index is 12.1. The first-order valence-corrected chi connectivity index (χ1v) is 7.15. The van der Waals surface area contributed by atoms with Gasteiger partial charge in [0.15, 0.2) is 0 Å². The highest BCUT2D eigenvalue weighted by Crippen LogP contribution is 2.25. The molecule has 0 aliphatic heterocycles. The number of rotatable bonds is 5. The minimum atomic E-state index is -4.70. The Balaban J connectivity index is 1.87. The SMILES string of the molecule is C[C@@H](NC(=O)C[C@H]1C=CCC1)c1ccc(OC(F)(F)F)cc1.